The maximum absolute atomic E-state index is 11.5. The highest BCUT2D eigenvalue weighted by Gasteiger charge is 2.25. The Bertz CT molecular complexity index is 696. The fraction of sp³-hybridized carbons (Fsp3) is 0.400. The van der Waals surface area contributed by atoms with E-state index in [2.05, 4.69) is 11.1 Å². The third-order valence-corrected chi connectivity index (χ3v) is 4.67. The molecule has 20 heavy (non-hydrogen) atoms. The average Bonchev–Trinajstić information content (AvgIpc) is 2.82. The number of hydrogen-bond acceptors (Lipinski definition) is 4. The van der Waals surface area contributed by atoms with Crippen molar-refractivity contribution in [3.63, 3.8) is 0 Å². The molecule has 1 aliphatic rings. The lowest BCUT2D eigenvalue weighted by Gasteiger charge is -2.11. The maximum Gasteiger partial charge on any atom is 0.248 e. The monoisotopic (exact) mass is 290 g/mol. The number of ether oxygens (including phenoxy) is 1. The lowest BCUT2D eigenvalue weighted by atomic mass is 10.0. The smallest absolute Gasteiger partial charge is 0.248 e. The van der Waals surface area contributed by atoms with Gasteiger partial charge in [0.1, 0.15) is 11.9 Å². The molecule has 1 aromatic heterocycles. The number of benzene rings is 1. The number of fused-ring (bicyclic) bond motifs is 3. The largest absolute Gasteiger partial charge is 0.488 e. The molecule has 1 aliphatic heterocycles. The number of H-pyrrole nitrogens is 1. The van der Waals surface area contributed by atoms with Crippen LogP contribution in [0.15, 0.2) is 23.0 Å². The number of rotatable bonds is 4. The van der Waals surface area contributed by atoms with Crippen LogP contribution < -0.4 is 16.0 Å². The molecule has 3 N–H and O–H groups in total. The van der Waals surface area contributed by atoms with Gasteiger partial charge in [-0.1, -0.05) is 6.07 Å². The van der Waals surface area contributed by atoms with E-state index in [1.165, 1.54) is 5.56 Å². The normalized spacial score (nSPS) is 17.2. The summed E-state index contributed by atoms with van der Waals surface area (Å²) in [6.07, 6.45) is 1.14. The Morgan fingerprint density at radius 1 is 1.50 bits per heavy atom. The molecule has 1 atom stereocenters. The summed E-state index contributed by atoms with van der Waals surface area (Å²) >= 11 is 1.83. The second-order valence-electron chi connectivity index (χ2n) is 5.10. The van der Waals surface area contributed by atoms with Crippen molar-refractivity contribution < 1.29 is 4.74 Å². The van der Waals surface area contributed by atoms with E-state index in [-0.39, 0.29) is 11.7 Å². The molecule has 0 radical (unpaired) electrons. The van der Waals surface area contributed by atoms with Gasteiger partial charge >= 0.3 is 0 Å². The van der Waals surface area contributed by atoms with Gasteiger partial charge in [0.25, 0.3) is 0 Å². The average molecular weight is 290 g/mol. The van der Waals surface area contributed by atoms with Crippen LogP contribution in [0.1, 0.15) is 11.1 Å². The van der Waals surface area contributed by atoms with Gasteiger partial charge in [0.2, 0.25) is 5.56 Å². The van der Waals surface area contributed by atoms with Crippen molar-refractivity contribution >= 4 is 22.7 Å². The van der Waals surface area contributed by atoms with E-state index >= 15 is 0 Å². The zero-order valence-electron chi connectivity index (χ0n) is 11.4. The number of thioether (sulfide) groups is 1. The van der Waals surface area contributed by atoms with E-state index in [0.29, 0.717) is 6.54 Å². The first-order valence-corrected chi connectivity index (χ1v) is 7.94. The predicted molar refractivity (Wildman–Crippen MR) is 83.8 cm³/mol. The van der Waals surface area contributed by atoms with Crippen molar-refractivity contribution in [2.24, 2.45) is 5.73 Å². The van der Waals surface area contributed by atoms with E-state index < -0.39 is 0 Å². The maximum atomic E-state index is 11.5. The van der Waals surface area contributed by atoms with Crippen LogP contribution in [-0.2, 0) is 6.42 Å². The van der Waals surface area contributed by atoms with Crippen molar-refractivity contribution in [2.75, 3.05) is 18.1 Å². The molecular formula is C15H18N2O2S. The van der Waals surface area contributed by atoms with Crippen molar-refractivity contribution in [3.05, 3.63) is 39.7 Å². The summed E-state index contributed by atoms with van der Waals surface area (Å²) < 4.78 is 6.08. The van der Waals surface area contributed by atoms with E-state index in [9.17, 15) is 4.79 Å². The number of pyridine rings is 1. The zero-order chi connectivity index (χ0) is 14.1. The Kier molecular flexibility index (Phi) is 3.72. The lowest BCUT2D eigenvalue weighted by molar-refractivity contribution is 0.262. The summed E-state index contributed by atoms with van der Waals surface area (Å²) in [4.78, 5) is 14.4. The van der Waals surface area contributed by atoms with Crippen LogP contribution in [0, 0.1) is 6.92 Å². The molecule has 0 bridgehead atoms. The fourth-order valence-electron chi connectivity index (χ4n) is 2.68. The number of nitrogens with one attached hydrogen (secondary N) is 1. The minimum Gasteiger partial charge on any atom is -0.488 e. The van der Waals surface area contributed by atoms with Gasteiger partial charge in [0.05, 0.1) is 5.52 Å². The molecule has 2 aromatic rings. The van der Waals surface area contributed by atoms with E-state index in [0.717, 1.165) is 40.1 Å². The number of aromatic nitrogens is 1. The molecular weight excluding hydrogens is 272 g/mol. The summed E-state index contributed by atoms with van der Waals surface area (Å²) in [5.74, 6) is 2.85. The Morgan fingerprint density at radius 2 is 2.35 bits per heavy atom. The van der Waals surface area contributed by atoms with Gasteiger partial charge in [0.15, 0.2) is 0 Å². The van der Waals surface area contributed by atoms with Gasteiger partial charge in [-0.25, -0.2) is 0 Å². The van der Waals surface area contributed by atoms with Crippen molar-refractivity contribution in [1.29, 1.82) is 0 Å². The summed E-state index contributed by atoms with van der Waals surface area (Å²) in [6, 6.07) is 5.54. The third-order valence-electron chi connectivity index (χ3n) is 3.54. The Hall–Kier alpha value is -1.46. The molecule has 5 heteroatoms. The minimum absolute atomic E-state index is 0.0754. The zero-order valence-corrected chi connectivity index (χ0v) is 12.3. The van der Waals surface area contributed by atoms with Crippen LogP contribution in [-0.4, -0.2) is 29.1 Å². The number of aryl methyl sites for hydroxylation is 1. The van der Waals surface area contributed by atoms with Gasteiger partial charge in [0, 0.05) is 35.9 Å². The fourth-order valence-corrected chi connectivity index (χ4v) is 3.46. The highest BCUT2D eigenvalue weighted by molar-refractivity contribution is 7.99. The molecule has 1 aromatic carbocycles. The Balaban J connectivity index is 1.93. The molecule has 0 fully saturated rings. The van der Waals surface area contributed by atoms with Gasteiger partial charge in [-0.3, -0.25) is 4.79 Å². The highest BCUT2D eigenvalue weighted by Crippen LogP contribution is 2.37. The minimum atomic E-state index is -0.0754. The van der Waals surface area contributed by atoms with Crippen LogP contribution >= 0.6 is 11.8 Å². The van der Waals surface area contributed by atoms with Crippen LogP contribution in [0.25, 0.3) is 10.9 Å². The van der Waals surface area contributed by atoms with Crippen LogP contribution in [0.5, 0.6) is 5.75 Å². The molecule has 2 heterocycles. The SMILES string of the molecule is Cc1cc2c(c3ccc(=O)[nH]c13)OC(CSCCN)C2. The standard InChI is InChI=1S/C15H18N2O2S/c1-9-6-10-7-11(8-20-5-4-16)19-15(10)12-2-3-13(18)17-14(9)12/h2-3,6,11H,4-5,7-8,16H2,1H3,(H,17,18). The van der Waals surface area contributed by atoms with Gasteiger partial charge in [-0.05, 0) is 24.1 Å². The second-order valence-corrected chi connectivity index (χ2v) is 6.25. The molecule has 1 unspecified atom stereocenters. The van der Waals surface area contributed by atoms with Crippen LogP contribution in [0.3, 0.4) is 0 Å². The summed E-state index contributed by atoms with van der Waals surface area (Å²) in [5, 5.41) is 1.01. The topological polar surface area (TPSA) is 68.1 Å². The molecule has 106 valence electrons. The van der Waals surface area contributed by atoms with Gasteiger partial charge in [-0.2, -0.15) is 11.8 Å². The summed E-state index contributed by atoms with van der Waals surface area (Å²) in [6.45, 7) is 2.72. The second kappa shape index (κ2) is 5.50. The summed E-state index contributed by atoms with van der Waals surface area (Å²) in [5.41, 5.74) is 8.65. The van der Waals surface area contributed by atoms with Crippen molar-refractivity contribution in [3.8, 4) is 5.75 Å². The Labute approximate surface area is 121 Å². The lowest BCUT2D eigenvalue weighted by Crippen LogP contribution is -2.17. The molecule has 0 saturated carbocycles. The third kappa shape index (κ3) is 2.43. The molecule has 3 rings (SSSR count). The molecule has 4 nitrogen and oxygen atoms in total. The first-order valence-electron chi connectivity index (χ1n) is 6.79. The van der Waals surface area contributed by atoms with Crippen molar-refractivity contribution in [2.45, 2.75) is 19.4 Å². The van der Waals surface area contributed by atoms with Gasteiger partial charge in [-0.15, -0.1) is 0 Å². The predicted octanol–water partition coefficient (Wildman–Crippen LogP) is 1.83. The molecule has 0 spiro atoms. The van der Waals surface area contributed by atoms with Crippen LogP contribution in [0.4, 0.5) is 0 Å². The number of hydrogen-bond donors (Lipinski definition) is 2. The molecule has 0 aliphatic carbocycles. The Morgan fingerprint density at radius 3 is 3.15 bits per heavy atom. The summed E-state index contributed by atoms with van der Waals surface area (Å²) in [7, 11) is 0. The highest BCUT2D eigenvalue weighted by atomic mass is 32.2. The molecule has 0 amide bonds. The van der Waals surface area contributed by atoms with Gasteiger partial charge < -0.3 is 15.5 Å². The van der Waals surface area contributed by atoms with E-state index in [4.69, 9.17) is 10.5 Å². The first-order chi connectivity index (χ1) is 9.69. The first kappa shape index (κ1) is 13.5. The van der Waals surface area contributed by atoms with E-state index in [1.54, 1.807) is 6.07 Å². The van der Waals surface area contributed by atoms with Crippen molar-refractivity contribution in [1.82, 2.24) is 4.98 Å². The molecule has 0 saturated heterocycles. The number of aromatic amines is 1. The quantitative estimate of drug-likeness (QED) is 0.843. The van der Waals surface area contributed by atoms with E-state index in [1.807, 2.05) is 24.8 Å². The number of nitrogens with two attached hydrogens (primary N) is 1. The van der Waals surface area contributed by atoms with Crippen LogP contribution in [0.2, 0.25) is 0 Å².